The van der Waals surface area contributed by atoms with E-state index >= 15 is 0 Å². The zero-order chi connectivity index (χ0) is 21.1. The molecule has 0 radical (unpaired) electrons. The summed E-state index contributed by atoms with van der Waals surface area (Å²) in [5, 5.41) is 0. The Morgan fingerprint density at radius 3 is 2.25 bits per heavy atom. The van der Waals surface area contributed by atoms with Crippen molar-refractivity contribution in [3.63, 3.8) is 0 Å². The number of nitrogens with zero attached hydrogens (tertiary/aromatic N) is 1. The molecule has 0 heterocycles. The van der Waals surface area contributed by atoms with Crippen LogP contribution in [0.25, 0.3) is 6.08 Å². The van der Waals surface area contributed by atoms with Crippen LogP contribution in [0.2, 0.25) is 0 Å². The fourth-order valence-electron chi connectivity index (χ4n) is 2.48. The van der Waals surface area contributed by atoms with Crippen LogP contribution < -0.4 is 4.90 Å². The molecular weight excluding hydrogens is 371 g/mol. The van der Waals surface area contributed by atoms with Crippen LogP contribution in [0.15, 0.2) is 43.0 Å². The monoisotopic (exact) mass is 391 g/mol. The quantitative estimate of drug-likeness (QED) is 0.692. The Morgan fingerprint density at radius 1 is 1.11 bits per heavy atom. The lowest BCUT2D eigenvalue weighted by Gasteiger charge is -2.26. The van der Waals surface area contributed by atoms with Crippen LogP contribution in [-0.4, -0.2) is 24.0 Å². The molecule has 7 heteroatoms. The number of anilines is 1. The molecule has 0 N–H and O–H groups in total. The number of halogens is 3. The van der Waals surface area contributed by atoms with E-state index in [1.807, 2.05) is 0 Å². The fourth-order valence-corrected chi connectivity index (χ4v) is 2.48. The highest BCUT2D eigenvalue weighted by atomic mass is 19.1. The molecule has 0 aliphatic rings. The SMILES string of the molecule is C=Cc1cccc(N(CC(=O)OC(C)(C)C)C(=O)c2c(F)cc(F)cc2F)c1. The van der Waals surface area contributed by atoms with Crippen LogP contribution in [0.5, 0.6) is 0 Å². The summed E-state index contributed by atoms with van der Waals surface area (Å²) in [5.41, 5.74) is -0.953. The average Bonchev–Trinajstić information content (AvgIpc) is 2.57. The topological polar surface area (TPSA) is 46.6 Å². The first-order valence-corrected chi connectivity index (χ1v) is 8.42. The van der Waals surface area contributed by atoms with Gasteiger partial charge >= 0.3 is 5.97 Å². The number of amides is 1. The number of ether oxygens (including phenoxy) is 1. The molecule has 0 aliphatic heterocycles. The molecular formula is C21H20F3NO3. The van der Waals surface area contributed by atoms with Gasteiger partial charge in [0.15, 0.2) is 0 Å². The van der Waals surface area contributed by atoms with Crippen LogP contribution in [0.4, 0.5) is 18.9 Å². The molecule has 0 saturated heterocycles. The van der Waals surface area contributed by atoms with Crippen LogP contribution in [0.3, 0.4) is 0 Å². The molecule has 0 bridgehead atoms. The smallest absolute Gasteiger partial charge is 0.326 e. The number of carbonyl (C=O) groups is 2. The first kappa shape index (κ1) is 21.2. The van der Waals surface area contributed by atoms with Gasteiger partial charge in [-0.1, -0.05) is 24.8 Å². The third-order valence-corrected chi connectivity index (χ3v) is 3.59. The van der Waals surface area contributed by atoms with Gasteiger partial charge in [-0.05, 0) is 38.5 Å². The summed E-state index contributed by atoms with van der Waals surface area (Å²) in [6.07, 6.45) is 1.51. The highest BCUT2D eigenvalue weighted by Gasteiger charge is 2.29. The molecule has 2 aromatic rings. The van der Waals surface area contributed by atoms with E-state index < -0.39 is 47.0 Å². The minimum Gasteiger partial charge on any atom is -0.459 e. The van der Waals surface area contributed by atoms with Crippen molar-refractivity contribution in [1.29, 1.82) is 0 Å². The van der Waals surface area contributed by atoms with Gasteiger partial charge < -0.3 is 4.74 Å². The lowest BCUT2D eigenvalue weighted by Crippen LogP contribution is -2.39. The molecule has 2 aromatic carbocycles. The molecule has 0 unspecified atom stereocenters. The van der Waals surface area contributed by atoms with Crippen molar-refractivity contribution in [3.8, 4) is 0 Å². The lowest BCUT2D eigenvalue weighted by molar-refractivity contribution is -0.152. The minimum absolute atomic E-state index is 0.205. The summed E-state index contributed by atoms with van der Waals surface area (Å²) in [6.45, 7) is 7.98. The lowest BCUT2D eigenvalue weighted by atomic mass is 10.1. The predicted octanol–water partition coefficient (Wildman–Crippen LogP) is 4.74. The number of esters is 1. The Bertz CT molecular complexity index is 896. The first-order chi connectivity index (χ1) is 13.0. The van der Waals surface area contributed by atoms with Crippen molar-refractivity contribution < 1.29 is 27.5 Å². The van der Waals surface area contributed by atoms with Crippen LogP contribution >= 0.6 is 0 Å². The van der Waals surface area contributed by atoms with E-state index in [1.54, 1.807) is 32.9 Å². The van der Waals surface area contributed by atoms with Gasteiger partial charge in [0.2, 0.25) is 0 Å². The summed E-state index contributed by atoms with van der Waals surface area (Å²) in [4.78, 5) is 26.0. The Labute approximate surface area is 161 Å². The molecule has 2 rings (SSSR count). The molecule has 0 fully saturated rings. The zero-order valence-electron chi connectivity index (χ0n) is 15.8. The standard InChI is InChI=1S/C21H20F3NO3/c1-5-13-7-6-8-15(9-13)25(12-18(26)28-21(2,3)4)20(27)19-16(23)10-14(22)11-17(19)24/h5-11H,1,12H2,2-4H3. The number of benzene rings is 2. The second kappa shape index (κ2) is 8.29. The maximum absolute atomic E-state index is 14.1. The summed E-state index contributed by atoms with van der Waals surface area (Å²) >= 11 is 0. The molecule has 0 spiro atoms. The molecule has 0 atom stereocenters. The minimum atomic E-state index is -1.36. The maximum Gasteiger partial charge on any atom is 0.326 e. The normalized spacial score (nSPS) is 11.1. The highest BCUT2D eigenvalue weighted by Crippen LogP contribution is 2.23. The van der Waals surface area contributed by atoms with Gasteiger partial charge in [-0.25, -0.2) is 13.2 Å². The van der Waals surface area contributed by atoms with Crippen LogP contribution in [-0.2, 0) is 9.53 Å². The molecule has 0 saturated carbocycles. The summed E-state index contributed by atoms with van der Waals surface area (Å²) in [7, 11) is 0. The van der Waals surface area contributed by atoms with Crippen LogP contribution in [0, 0.1) is 17.5 Å². The Hall–Kier alpha value is -3.09. The molecule has 0 aliphatic carbocycles. The van der Waals surface area contributed by atoms with E-state index in [0.717, 1.165) is 4.90 Å². The van der Waals surface area contributed by atoms with Crippen LogP contribution in [0.1, 0.15) is 36.7 Å². The van der Waals surface area contributed by atoms with Gasteiger partial charge in [-0.15, -0.1) is 0 Å². The van der Waals surface area contributed by atoms with Crippen molar-refractivity contribution in [3.05, 3.63) is 71.6 Å². The number of hydrogen-bond acceptors (Lipinski definition) is 3. The first-order valence-electron chi connectivity index (χ1n) is 8.42. The third kappa shape index (κ3) is 5.22. The molecule has 0 aromatic heterocycles. The van der Waals surface area contributed by atoms with Gasteiger partial charge in [0, 0.05) is 17.8 Å². The van der Waals surface area contributed by atoms with Gasteiger partial charge in [-0.2, -0.15) is 0 Å². The van der Waals surface area contributed by atoms with Gasteiger partial charge in [0.05, 0.1) is 0 Å². The van der Waals surface area contributed by atoms with E-state index in [2.05, 4.69) is 6.58 Å². The third-order valence-electron chi connectivity index (χ3n) is 3.59. The van der Waals surface area contributed by atoms with Gasteiger partial charge in [-0.3, -0.25) is 14.5 Å². The van der Waals surface area contributed by atoms with Crippen molar-refractivity contribution >= 4 is 23.6 Å². The molecule has 4 nitrogen and oxygen atoms in total. The van der Waals surface area contributed by atoms with Gasteiger partial charge in [0.1, 0.15) is 35.2 Å². The Kier molecular flexibility index (Phi) is 6.28. The van der Waals surface area contributed by atoms with Crippen molar-refractivity contribution in [2.24, 2.45) is 0 Å². The predicted molar refractivity (Wildman–Crippen MR) is 100 cm³/mol. The molecule has 28 heavy (non-hydrogen) atoms. The fraction of sp³-hybridized carbons (Fsp3) is 0.238. The van der Waals surface area contributed by atoms with Crippen molar-refractivity contribution in [2.45, 2.75) is 26.4 Å². The highest BCUT2D eigenvalue weighted by molar-refractivity contribution is 6.08. The van der Waals surface area contributed by atoms with E-state index in [9.17, 15) is 22.8 Å². The number of carbonyl (C=O) groups excluding carboxylic acids is 2. The van der Waals surface area contributed by atoms with E-state index in [1.165, 1.54) is 18.2 Å². The Morgan fingerprint density at radius 2 is 1.71 bits per heavy atom. The largest absolute Gasteiger partial charge is 0.459 e. The maximum atomic E-state index is 14.1. The zero-order valence-corrected chi connectivity index (χ0v) is 15.8. The molecule has 148 valence electrons. The van der Waals surface area contributed by atoms with Crippen molar-refractivity contribution in [2.75, 3.05) is 11.4 Å². The molecule has 1 amide bonds. The number of rotatable bonds is 5. The Balaban J connectivity index is 2.50. The summed E-state index contributed by atoms with van der Waals surface area (Å²) < 4.78 is 46.7. The van der Waals surface area contributed by atoms with E-state index in [4.69, 9.17) is 4.74 Å². The summed E-state index contributed by atoms with van der Waals surface area (Å²) in [5.74, 6) is -5.79. The van der Waals surface area contributed by atoms with Gasteiger partial charge in [0.25, 0.3) is 5.91 Å². The van der Waals surface area contributed by atoms with E-state index in [-0.39, 0.29) is 5.69 Å². The average molecular weight is 391 g/mol. The van der Waals surface area contributed by atoms with E-state index in [0.29, 0.717) is 17.7 Å². The van der Waals surface area contributed by atoms with Crippen molar-refractivity contribution in [1.82, 2.24) is 0 Å². The second-order valence-electron chi connectivity index (χ2n) is 7.02. The second-order valence-corrected chi connectivity index (χ2v) is 7.02. The summed E-state index contributed by atoms with van der Waals surface area (Å²) in [6, 6.07) is 7.12. The number of hydrogen-bond donors (Lipinski definition) is 0.